The largest absolute Gasteiger partial charge is 0.369 e. The maximum Gasteiger partial charge on any atom is 0.230 e. The van der Waals surface area contributed by atoms with Gasteiger partial charge in [0.15, 0.2) is 0 Å². The van der Waals surface area contributed by atoms with E-state index in [4.69, 9.17) is 5.73 Å². The Hall–Kier alpha value is -0.960. The average molecular weight is 237 g/mol. The Morgan fingerprint density at radius 3 is 2.00 bits per heavy atom. The van der Waals surface area contributed by atoms with E-state index in [9.17, 15) is 4.79 Å². The number of hydrogen-bond donors (Lipinski definition) is 1. The second kappa shape index (κ2) is 4.91. The molecule has 0 aliphatic rings. The van der Waals surface area contributed by atoms with Crippen LogP contribution in [-0.2, 0) is 4.79 Å². The molecule has 0 saturated heterocycles. The van der Waals surface area contributed by atoms with Gasteiger partial charge in [0.25, 0.3) is 0 Å². The molecule has 0 aliphatic heterocycles. The van der Waals surface area contributed by atoms with Gasteiger partial charge in [0.2, 0.25) is 5.91 Å². The average Bonchev–Trinajstić information content (AvgIpc) is 2.21. The number of rotatable bonds is 3. The molecule has 0 bridgehead atoms. The lowest BCUT2D eigenvalue weighted by Crippen LogP contribution is -2.22. The monoisotopic (exact) mass is 237 g/mol. The van der Waals surface area contributed by atoms with E-state index in [1.165, 1.54) is 27.1 Å². The van der Waals surface area contributed by atoms with Crippen LogP contribution in [-0.4, -0.2) is 11.2 Å². The van der Waals surface area contributed by atoms with Crippen LogP contribution in [0.15, 0.2) is 11.0 Å². The van der Waals surface area contributed by atoms with Gasteiger partial charge < -0.3 is 5.73 Å². The molecule has 1 aromatic rings. The van der Waals surface area contributed by atoms with Gasteiger partial charge in [0.1, 0.15) is 0 Å². The molecule has 0 aliphatic carbocycles. The van der Waals surface area contributed by atoms with Crippen LogP contribution in [0.25, 0.3) is 0 Å². The predicted molar refractivity (Wildman–Crippen MR) is 69.9 cm³/mol. The van der Waals surface area contributed by atoms with E-state index >= 15 is 0 Å². The van der Waals surface area contributed by atoms with Crippen LogP contribution < -0.4 is 5.73 Å². The summed E-state index contributed by atoms with van der Waals surface area (Å²) in [6, 6.07) is 2.18. The number of thioether (sulfide) groups is 1. The normalized spacial score (nSPS) is 12.6. The zero-order valence-corrected chi connectivity index (χ0v) is 11.4. The van der Waals surface area contributed by atoms with Crippen LogP contribution in [0.3, 0.4) is 0 Å². The minimum atomic E-state index is -0.261. The standard InChI is InChI=1S/C13H19NOS/c1-7-6-8(2)10(4)12(9(7)3)16-11(5)13(14)15/h6,11H,1-5H3,(H2,14,15)/t11-/m0/s1. The van der Waals surface area contributed by atoms with Crippen molar-refractivity contribution in [2.24, 2.45) is 5.73 Å². The van der Waals surface area contributed by atoms with Crippen LogP contribution in [0, 0.1) is 27.7 Å². The molecule has 3 heteroatoms. The summed E-state index contributed by atoms with van der Waals surface area (Å²) in [5.41, 5.74) is 10.3. The zero-order chi connectivity index (χ0) is 12.5. The molecule has 0 aromatic heterocycles. The van der Waals surface area contributed by atoms with Gasteiger partial charge in [-0.1, -0.05) is 6.07 Å². The van der Waals surface area contributed by atoms with Gasteiger partial charge in [-0.2, -0.15) is 0 Å². The molecular weight excluding hydrogens is 218 g/mol. The van der Waals surface area contributed by atoms with Crippen molar-refractivity contribution in [1.29, 1.82) is 0 Å². The van der Waals surface area contributed by atoms with Crippen LogP contribution in [0.4, 0.5) is 0 Å². The fourth-order valence-corrected chi connectivity index (χ4v) is 2.74. The molecule has 2 N–H and O–H groups in total. The third-order valence-corrected chi connectivity index (χ3v) is 4.43. The molecule has 0 unspecified atom stereocenters. The zero-order valence-electron chi connectivity index (χ0n) is 10.5. The quantitative estimate of drug-likeness (QED) is 0.821. The molecule has 0 heterocycles. The highest BCUT2D eigenvalue weighted by Crippen LogP contribution is 2.33. The number of primary amides is 1. The van der Waals surface area contributed by atoms with E-state index in [2.05, 4.69) is 33.8 Å². The second-order valence-corrected chi connectivity index (χ2v) is 5.60. The van der Waals surface area contributed by atoms with Crippen molar-refractivity contribution in [2.75, 3.05) is 0 Å². The third-order valence-electron chi connectivity index (χ3n) is 2.99. The SMILES string of the molecule is Cc1cc(C)c(C)c(S[C@@H](C)C(N)=O)c1C. The number of carbonyl (C=O) groups is 1. The maximum absolute atomic E-state index is 11.1. The molecule has 16 heavy (non-hydrogen) atoms. The smallest absolute Gasteiger partial charge is 0.230 e. The van der Waals surface area contributed by atoms with E-state index in [0.29, 0.717) is 0 Å². The van der Waals surface area contributed by atoms with Crippen LogP contribution in [0.2, 0.25) is 0 Å². The number of benzene rings is 1. The third kappa shape index (κ3) is 2.59. The fourth-order valence-electron chi connectivity index (χ4n) is 1.59. The van der Waals surface area contributed by atoms with Gasteiger partial charge >= 0.3 is 0 Å². The summed E-state index contributed by atoms with van der Waals surface area (Å²) in [6.45, 7) is 10.2. The summed E-state index contributed by atoms with van der Waals surface area (Å²) in [7, 11) is 0. The summed E-state index contributed by atoms with van der Waals surface area (Å²) < 4.78 is 0. The second-order valence-electron chi connectivity index (χ2n) is 4.25. The predicted octanol–water partition coefficient (Wildman–Crippen LogP) is 2.89. The molecule has 0 spiro atoms. The first-order chi connectivity index (χ1) is 7.34. The molecule has 1 rings (SSSR count). The summed E-state index contributed by atoms with van der Waals surface area (Å²) in [6.07, 6.45) is 0. The molecule has 0 radical (unpaired) electrons. The fraction of sp³-hybridized carbons (Fsp3) is 0.462. The molecule has 1 atom stereocenters. The van der Waals surface area contributed by atoms with Crippen molar-refractivity contribution >= 4 is 17.7 Å². The molecule has 2 nitrogen and oxygen atoms in total. The summed E-state index contributed by atoms with van der Waals surface area (Å²) in [4.78, 5) is 12.3. The lowest BCUT2D eigenvalue weighted by molar-refractivity contribution is -0.117. The van der Waals surface area contributed by atoms with Gasteiger partial charge in [0.05, 0.1) is 5.25 Å². The van der Waals surface area contributed by atoms with Crippen LogP contribution >= 0.6 is 11.8 Å². The van der Waals surface area contributed by atoms with Gasteiger partial charge in [-0.25, -0.2) is 0 Å². The van der Waals surface area contributed by atoms with E-state index in [-0.39, 0.29) is 11.2 Å². The minimum Gasteiger partial charge on any atom is -0.369 e. The van der Waals surface area contributed by atoms with Crippen molar-refractivity contribution < 1.29 is 4.79 Å². The van der Waals surface area contributed by atoms with Crippen molar-refractivity contribution in [3.63, 3.8) is 0 Å². The number of amides is 1. The van der Waals surface area contributed by atoms with Crippen molar-refractivity contribution in [2.45, 2.75) is 44.8 Å². The minimum absolute atomic E-state index is 0.182. The van der Waals surface area contributed by atoms with E-state index in [1.54, 1.807) is 11.8 Å². The Morgan fingerprint density at radius 2 is 1.62 bits per heavy atom. The molecule has 0 saturated carbocycles. The van der Waals surface area contributed by atoms with Gasteiger partial charge in [-0.05, 0) is 56.9 Å². The van der Waals surface area contributed by atoms with Crippen molar-refractivity contribution in [1.82, 2.24) is 0 Å². The van der Waals surface area contributed by atoms with Crippen molar-refractivity contribution in [3.8, 4) is 0 Å². The lowest BCUT2D eigenvalue weighted by atomic mass is 10.0. The van der Waals surface area contributed by atoms with Gasteiger partial charge in [-0.3, -0.25) is 4.79 Å². The molecule has 1 aromatic carbocycles. The Balaban J connectivity index is 3.17. The van der Waals surface area contributed by atoms with E-state index in [0.717, 1.165) is 0 Å². The highest BCUT2D eigenvalue weighted by atomic mass is 32.2. The number of hydrogen-bond acceptors (Lipinski definition) is 2. The Labute approximate surface area is 102 Å². The highest BCUT2D eigenvalue weighted by molar-refractivity contribution is 8.00. The first kappa shape index (κ1) is 13.1. The molecule has 0 fully saturated rings. The summed E-state index contributed by atoms with van der Waals surface area (Å²) in [5.74, 6) is -0.261. The Bertz CT molecular complexity index is 400. The molecule has 1 amide bonds. The first-order valence-electron chi connectivity index (χ1n) is 5.38. The Kier molecular flexibility index (Phi) is 4.03. The van der Waals surface area contributed by atoms with Gasteiger partial charge in [-0.15, -0.1) is 11.8 Å². The molecule has 88 valence electrons. The van der Waals surface area contributed by atoms with Crippen molar-refractivity contribution in [3.05, 3.63) is 28.3 Å². The van der Waals surface area contributed by atoms with Crippen LogP contribution in [0.1, 0.15) is 29.2 Å². The Morgan fingerprint density at radius 1 is 1.19 bits per heavy atom. The summed E-state index contributed by atoms with van der Waals surface area (Å²) >= 11 is 1.56. The van der Waals surface area contributed by atoms with Gasteiger partial charge in [0, 0.05) is 4.90 Å². The summed E-state index contributed by atoms with van der Waals surface area (Å²) in [5, 5.41) is -0.182. The highest BCUT2D eigenvalue weighted by Gasteiger charge is 2.15. The number of carbonyl (C=O) groups excluding carboxylic acids is 1. The lowest BCUT2D eigenvalue weighted by Gasteiger charge is -2.16. The van der Waals surface area contributed by atoms with Crippen LogP contribution in [0.5, 0.6) is 0 Å². The number of aryl methyl sites for hydroxylation is 2. The first-order valence-corrected chi connectivity index (χ1v) is 6.26. The van der Waals surface area contributed by atoms with E-state index < -0.39 is 0 Å². The number of nitrogens with two attached hydrogens (primary N) is 1. The topological polar surface area (TPSA) is 43.1 Å². The molecular formula is C13H19NOS. The van der Waals surface area contributed by atoms with E-state index in [1.807, 2.05) is 6.92 Å². The maximum atomic E-state index is 11.1.